The van der Waals surface area contributed by atoms with Gasteiger partial charge in [0.1, 0.15) is 0 Å². The first-order chi connectivity index (χ1) is 8.97. The van der Waals surface area contributed by atoms with Crippen LogP contribution >= 0.6 is 0 Å². The lowest BCUT2D eigenvalue weighted by Gasteiger charge is -2.12. The monoisotopic (exact) mass is 272 g/mol. The van der Waals surface area contributed by atoms with Crippen molar-refractivity contribution in [1.82, 2.24) is 10.3 Å². The van der Waals surface area contributed by atoms with Gasteiger partial charge in [-0.2, -0.15) is 4.39 Å². The number of hydrogen-bond acceptors (Lipinski definition) is 3. The average molecular weight is 272 g/mol. The second-order valence-electron chi connectivity index (χ2n) is 4.00. The van der Waals surface area contributed by atoms with Gasteiger partial charge in [0.2, 0.25) is 5.95 Å². The molecule has 0 bridgehead atoms. The van der Waals surface area contributed by atoms with Crippen LogP contribution in [0.5, 0.6) is 0 Å². The van der Waals surface area contributed by atoms with E-state index in [0.717, 1.165) is 12.3 Å². The largest absolute Gasteiger partial charge is 0.481 e. The minimum absolute atomic E-state index is 0.134. The second kappa shape index (κ2) is 6.77. The lowest BCUT2D eigenvalue weighted by atomic mass is 10.0. The van der Waals surface area contributed by atoms with E-state index in [0.29, 0.717) is 12.8 Å². The van der Waals surface area contributed by atoms with E-state index in [1.54, 1.807) is 0 Å². The van der Waals surface area contributed by atoms with Crippen LogP contribution in [0.2, 0.25) is 0 Å². The van der Waals surface area contributed by atoms with Gasteiger partial charge in [-0.25, -0.2) is 9.37 Å². The third-order valence-corrected chi connectivity index (χ3v) is 2.59. The van der Waals surface area contributed by atoms with Gasteiger partial charge >= 0.3 is 5.97 Å². The van der Waals surface area contributed by atoms with Gasteiger partial charge in [0, 0.05) is 12.7 Å². The van der Waals surface area contributed by atoms with Crippen LogP contribution in [0.15, 0.2) is 12.3 Å². The highest BCUT2D eigenvalue weighted by atomic mass is 19.2. The molecule has 0 aliphatic rings. The van der Waals surface area contributed by atoms with E-state index in [1.807, 2.05) is 6.92 Å². The number of halogens is 2. The zero-order valence-electron chi connectivity index (χ0n) is 10.3. The first-order valence-electron chi connectivity index (χ1n) is 5.78. The van der Waals surface area contributed by atoms with E-state index >= 15 is 0 Å². The molecule has 7 heteroatoms. The fraction of sp³-hybridized carbons (Fsp3) is 0.417. The third-order valence-electron chi connectivity index (χ3n) is 2.59. The summed E-state index contributed by atoms with van der Waals surface area (Å²) >= 11 is 0. The Labute approximate surface area is 108 Å². The fourth-order valence-corrected chi connectivity index (χ4v) is 1.57. The smallest absolute Gasteiger partial charge is 0.308 e. The molecule has 19 heavy (non-hydrogen) atoms. The molecular formula is C12H14F2N2O3. The zero-order valence-corrected chi connectivity index (χ0v) is 10.3. The number of rotatable bonds is 6. The van der Waals surface area contributed by atoms with Gasteiger partial charge in [-0.1, -0.05) is 13.3 Å². The van der Waals surface area contributed by atoms with E-state index in [-0.39, 0.29) is 6.54 Å². The molecule has 2 N–H and O–H groups in total. The third kappa shape index (κ3) is 3.97. The summed E-state index contributed by atoms with van der Waals surface area (Å²) in [5, 5.41) is 11.2. The van der Waals surface area contributed by atoms with E-state index in [2.05, 4.69) is 10.3 Å². The number of carbonyl (C=O) groups excluding carboxylic acids is 1. The highest BCUT2D eigenvalue weighted by Crippen LogP contribution is 2.10. The first-order valence-corrected chi connectivity index (χ1v) is 5.78. The van der Waals surface area contributed by atoms with E-state index in [4.69, 9.17) is 5.11 Å². The van der Waals surface area contributed by atoms with E-state index in [1.165, 1.54) is 0 Å². The van der Waals surface area contributed by atoms with Crippen molar-refractivity contribution in [1.29, 1.82) is 0 Å². The Kier molecular flexibility index (Phi) is 5.35. The summed E-state index contributed by atoms with van der Waals surface area (Å²) in [4.78, 5) is 25.5. The Morgan fingerprint density at radius 2 is 2.16 bits per heavy atom. The lowest BCUT2D eigenvalue weighted by Crippen LogP contribution is -2.33. The van der Waals surface area contributed by atoms with Gasteiger partial charge in [-0.15, -0.1) is 0 Å². The predicted octanol–water partition coefficient (Wildman–Crippen LogP) is 1.59. The van der Waals surface area contributed by atoms with Crippen LogP contribution in [0.25, 0.3) is 0 Å². The molecular weight excluding hydrogens is 258 g/mol. The minimum Gasteiger partial charge on any atom is -0.481 e. The van der Waals surface area contributed by atoms with Gasteiger partial charge in [0.25, 0.3) is 5.91 Å². The number of nitrogens with one attached hydrogen (secondary N) is 1. The van der Waals surface area contributed by atoms with Crippen LogP contribution < -0.4 is 5.32 Å². The molecule has 0 saturated carbocycles. The maximum Gasteiger partial charge on any atom is 0.308 e. The minimum atomic E-state index is -1.36. The maximum absolute atomic E-state index is 13.3. The number of amides is 1. The Balaban J connectivity index is 2.69. The van der Waals surface area contributed by atoms with Crippen molar-refractivity contribution in [3.8, 4) is 0 Å². The number of nitrogens with zero attached hydrogens (tertiary/aromatic N) is 1. The molecule has 1 rings (SSSR count). The van der Waals surface area contributed by atoms with Crippen LogP contribution in [0.1, 0.15) is 30.1 Å². The predicted molar refractivity (Wildman–Crippen MR) is 62.5 cm³/mol. The standard InChI is InChI=1S/C12H14F2N2O3/c1-2-3-7(12(18)19)6-16-11(17)8-4-5-15-10(14)9(8)13/h4-5,7H,2-3,6H2,1H3,(H,16,17)(H,18,19). The van der Waals surface area contributed by atoms with Gasteiger partial charge in [0.05, 0.1) is 11.5 Å². The first kappa shape index (κ1) is 15.0. The molecule has 1 amide bonds. The molecule has 1 atom stereocenters. The molecule has 0 aromatic carbocycles. The van der Waals surface area contributed by atoms with Gasteiger partial charge in [-0.05, 0) is 12.5 Å². The fourth-order valence-electron chi connectivity index (χ4n) is 1.57. The van der Waals surface area contributed by atoms with Crippen LogP contribution in [-0.2, 0) is 4.79 Å². The number of pyridine rings is 1. The molecule has 0 radical (unpaired) electrons. The number of carboxylic acid groups (broad SMARTS) is 1. The number of aromatic nitrogens is 1. The van der Waals surface area contributed by atoms with Gasteiger partial charge in [0.15, 0.2) is 5.82 Å². The van der Waals surface area contributed by atoms with Gasteiger partial charge in [-0.3, -0.25) is 9.59 Å². The quantitative estimate of drug-likeness (QED) is 0.771. The van der Waals surface area contributed by atoms with Crippen LogP contribution in [-0.4, -0.2) is 28.5 Å². The highest BCUT2D eigenvalue weighted by Gasteiger charge is 2.20. The summed E-state index contributed by atoms with van der Waals surface area (Å²) in [6.07, 6.45) is 2.00. The topological polar surface area (TPSA) is 79.3 Å². The van der Waals surface area contributed by atoms with Crippen molar-refractivity contribution in [2.24, 2.45) is 5.92 Å². The van der Waals surface area contributed by atoms with E-state index in [9.17, 15) is 18.4 Å². The molecule has 0 fully saturated rings. The van der Waals surface area contributed by atoms with E-state index < -0.39 is 35.1 Å². The summed E-state index contributed by atoms with van der Waals surface area (Å²) in [5.41, 5.74) is -0.492. The highest BCUT2D eigenvalue weighted by molar-refractivity contribution is 5.94. The van der Waals surface area contributed by atoms with Crippen LogP contribution in [0.3, 0.4) is 0 Å². The number of carboxylic acids is 1. The molecule has 0 saturated heterocycles. The lowest BCUT2D eigenvalue weighted by molar-refractivity contribution is -0.141. The molecule has 0 spiro atoms. The van der Waals surface area contributed by atoms with Gasteiger partial charge < -0.3 is 10.4 Å². The Hall–Kier alpha value is -2.05. The van der Waals surface area contributed by atoms with Crippen molar-refractivity contribution in [3.63, 3.8) is 0 Å². The zero-order chi connectivity index (χ0) is 14.4. The number of hydrogen-bond donors (Lipinski definition) is 2. The second-order valence-corrected chi connectivity index (χ2v) is 4.00. The van der Waals surface area contributed by atoms with Crippen molar-refractivity contribution in [2.45, 2.75) is 19.8 Å². The van der Waals surface area contributed by atoms with Crippen molar-refractivity contribution in [3.05, 3.63) is 29.6 Å². The SMILES string of the molecule is CCCC(CNC(=O)c1ccnc(F)c1F)C(=O)O. The number of carbonyl (C=O) groups is 2. The molecule has 104 valence electrons. The molecule has 0 aliphatic carbocycles. The Bertz CT molecular complexity index is 480. The van der Waals surface area contributed by atoms with Crippen LogP contribution in [0.4, 0.5) is 8.78 Å². The summed E-state index contributed by atoms with van der Waals surface area (Å²) in [6.45, 7) is 1.68. The van der Waals surface area contributed by atoms with Crippen LogP contribution in [0, 0.1) is 17.7 Å². The average Bonchev–Trinajstić information content (AvgIpc) is 2.37. The molecule has 1 heterocycles. The summed E-state index contributed by atoms with van der Waals surface area (Å²) in [6, 6.07) is 1.03. The Morgan fingerprint density at radius 1 is 1.47 bits per heavy atom. The Morgan fingerprint density at radius 3 is 2.74 bits per heavy atom. The normalized spacial score (nSPS) is 11.9. The number of aliphatic carboxylic acids is 1. The molecule has 1 unspecified atom stereocenters. The summed E-state index contributed by atoms with van der Waals surface area (Å²) < 4.78 is 26.1. The molecule has 1 aromatic rings. The summed E-state index contributed by atoms with van der Waals surface area (Å²) in [5.74, 6) is -5.35. The summed E-state index contributed by atoms with van der Waals surface area (Å²) in [7, 11) is 0. The molecule has 0 aliphatic heterocycles. The molecule has 5 nitrogen and oxygen atoms in total. The maximum atomic E-state index is 13.3. The van der Waals surface area contributed by atoms with Crippen molar-refractivity contribution in [2.75, 3.05) is 6.54 Å². The molecule has 1 aromatic heterocycles. The van der Waals surface area contributed by atoms with Crippen molar-refractivity contribution >= 4 is 11.9 Å². The van der Waals surface area contributed by atoms with Crippen molar-refractivity contribution < 1.29 is 23.5 Å².